The van der Waals surface area contributed by atoms with Gasteiger partial charge in [0.25, 0.3) is 0 Å². The van der Waals surface area contributed by atoms with Crippen molar-refractivity contribution in [1.29, 1.82) is 0 Å². The fourth-order valence-corrected chi connectivity index (χ4v) is 3.07. The Bertz CT molecular complexity index is 729. The van der Waals surface area contributed by atoms with Crippen molar-refractivity contribution in [2.45, 2.75) is 26.8 Å². The van der Waals surface area contributed by atoms with E-state index in [0.717, 1.165) is 10.6 Å². The normalized spacial score (nSPS) is 11.8. The van der Waals surface area contributed by atoms with Crippen molar-refractivity contribution in [2.75, 3.05) is 24.9 Å². The van der Waals surface area contributed by atoms with Gasteiger partial charge >= 0.3 is 0 Å². The highest BCUT2D eigenvalue weighted by Crippen LogP contribution is 2.36. The molecule has 2 N–H and O–H groups in total. The second-order valence-electron chi connectivity index (χ2n) is 5.20. The minimum Gasteiger partial charge on any atom is -0.495 e. The molecule has 1 amide bonds. The lowest BCUT2D eigenvalue weighted by molar-refractivity contribution is -0.116. The zero-order valence-corrected chi connectivity index (χ0v) is 15.8. The Morgan fingerprint density at radius 1 is 1.25 bits per heavy atom. The quantitative estimate of drug-likeness (QED) is 0.808. The number of ether oxygens (including phenoxy) is 2. The minimum absolute atomic E-state index is 0.197. The number of nitrogens with one attached hydrogen (secondary N) is 2. The van der Waals surface area contributed by atoms with Gasteiger partial charge in [-0.1, -0.05) is 11.6 Å². The van der Waals surface area contributed by atoms with Crippen LogP contribution >= 0.6 is 22.9 Å². The molecule has 2 aromatic rings. The van der Waals surface area contributed by atoms with Crippen LogP contribution in [0.15, 0.2) is 12.1 Å². The van der Waals surface area contributed by atoms with E-state index in [1.807, 2.05) is 13.8 Å². The van der Waals surface area contributed by atoms with Gasteiger partial charge in [-0.05, 0) is 26.8 Å². The third kappa shape index (κ3) is 4.10. The molecule has 130 valence electrons. The summed E-state index contributed by atoms with van der Waals surface area (Å²) in [6.07, 6.45) is 0. The molecule has 8 heteroatoms. The zero-order valence-electron chi connectivity index (χ0n) is 14.2. The van der Waals surface area contributed by atoms with Gasteiger partial charge in [-0.2, -0.15) is 0 Å². The number of methoxy groups -OCH3 is 2. The molecule has 0 aliphatic rings. The standard InChI is InChI=1S/C16H20ClN3O3S/c1-8-10(3)24-16(19-8)20-15(21)9(2)18-12-6-11(17)13(22-4)7-14(12)23-5/h6-7,9,18H,1-5H3,(H,19,20,21)/t9-/m1/s1. The molecule has 0 aliphatic carbocycles. The Morgan fingerprint density at radius 2 is 1.92 bits per heavy atom. The lowest BCUT2D eigenvalue weighted by Crippen LogP contribution is -2.32. The van der Waals surface area contributed by atoms with Crippen LogP contribution in [0.2, 0.25) is 5.02 Å². The maximum Gasteiger partial charge on any atom is 0.248 e. The first-order valence-corrected chi connectivity index (χ1v) is 8.48. The summed E-state index contributed by atoms with van der Waals surface area (Å²) in [4.78, 5) is 17.7. The number of nitrogens with zero attached hydrogens (tertiary/aromatic N) is 1. The van der Waals surface area contributed by atoms with Crippen LogP contribution in [0.5, 0.6) is 11.5 Å². The third-order valence-electron chi connectivity index (χ3n) is 3.50. The molecule has 0 radical (unpaired) electrons. The number of halogens is 1. The Morgan fingerprint density at radius 3 is 2.46 bits per heavy atom. The van der Waals surface area contributed by atoms with Gasteiger partial charge in [0.15, 0.2) is 5.13 Å². The van der Waals surface area contributed by atoms with Crippen LogP contribution in [0.3, 0.4) is 0 Å². The fraction of sp³-hybridized carbons (Fsp3) is 0.375. The summed E-state index contributed by atoms with van der Waals surface area (Å²) in [6.45, 7) is 5.63. The molecule has 0 bridgehead atoms. The first-order valence-electron chi connectivity index (χ1n) is 7.28. The summed E-state index contributed by atoms with van der Waals surface area (Å²) < 4.78 is 10.5. The van der Waals surface area contributed by atoms with Crippen molar-refractivity contribution < 1.29 is 14.3 Å². The third-order valence-corrected chi connectivity index (χ3v) is 4.78. The van der Waals surface area contributed by atoms with E-state index >= 15 is 0 Å². The maximum absolute atomic E-state index is 12.3. The number of aryl methyl sites for hydroxylation is 2. The predicted molar refractivity (Wildman–Crippen MR) is 97.9 cm³/mol. The molecular weight excluding hydrogens is 350 g/mol. The molecular formula is C16H20ClN3O3S. The van der Waals surface area contributed by atoms with Gasteiger partial charge in [0, 0.05) is 10.9 Å². The molecule has 1 aromatic heterocycles. The van der Waals surface area contributed by atoms with E-state index in [9.17, 15) is 4.79 Å². The second kappa shape index (κ2) is 7.72. The molecule has 1 aromatic carbocycles. The number of benzene rings is 1. The molecule has 0 saturated carbocycles. The molecule has 1 atom stereocenters. The van der Waals surface area contributed by atoms with Crippen LogP contribution in [0.1, 0.15) is 17.5 Å². The minimum atomic E-state index is -0.507. The molecule has 2 rings (SSSR count). The zero-order chi connectivity index (χ0) is 17.9. The number of anilines is 2. The lowest BCUT2D eigenvalue weighted by Gasteiger charge is -2.18. The highest BCUT2D eigenvalue weighted by molar-refractivity contribution is 7.15. The summed E-state index contributed by atoms with van der Waals surface area (Å²) in [6, 6.07) is 2.83. The van der Waals surface area contributed by atoms with Crippen LogP contribution in [0.25, 0.3) is 0 Å². The molecule has 0 unspecified atom stereocenters. The number of carbonyl (C=O) groups is 1. The lowest BCUT2D eigenvalue weighted by atomic mass is 10.2. The number of carbonyl (C=O) groups excluding carboxylic acids is 1. The number of thiazole rings is 1. The van der Waals surface area contributed by atoms with E-state index < -0.39 is 6.04 Å². The van der Waals surface area contributed by atoms with E-state index in [0.29, 0.717) is 27.3 Å². The molecule has 1 heterocycles. The van der Waals surface area contributed by atoms with E-state index in [1.165, 1.54) is 18.4 Å². The van der Waals surface area contributed by atoms with Gasteiger partial charge in [0.1, 0.15) is 17.5 Å². The SMILES string of the molecule is COc1cc(OC)c(N[C@H](C)C(=O)Nc2nc(C)c(C)s2)cc1Cl. The van der Waals surface area contributed by atoms with Crippen LogP contribution in [0, 0.1) is 13.8 Å². The highest BCUT2D eigenvalue weighted by atomic mass is 35.5. The van der Waals surface area contributed by atoms with Crippen LogP contribution in [0.4, 0.5) is 10.8 Å². The number of hydrogen-bond acceptors (Lipinski definition) is 6. The molecule has 24 heavy (non-hydrogen) atoms. The van der Waals surface area contributed by atoms with Crippen molar-refractivity contribution in [2.24, 2.45) is 0 Å². The Kier molecular flexibility index (Phi) is 5.90. The summed E-state index contributed by atoms with van der Waals surface area (Å²) in [7, 11) is 3.07. The van der Waals surface area contributed by atoms with Crippen LogP contribution < -0.4 is 20.1 Å². The Balaban J connectivity index is 2.12. The summed E-state index contributed by atoms with van der Waals surface area (Å²) >= 11 is 7.59. The van der Waals surface area contributed by atoms with Gasteiger partial charge < -0.3 is 20.1 Å². The Labute approximate surface area is 150 Å². The van der Waals surface area contributed by atoms with Gasteiger partial charge in [-0.25, -0.2) is 4.98 Å². The average Bonchev–Trinajstić information content (AvgIpc) is 2.85. The van der Waals surface area contributed by atoms with Crippen molar-refractivity contribution in [3.8, 4) is 11.5 Å². The summed E-state index contributed by atoms with van der Waals surface area (Å²) in [5.41, 5.74) is 1.52. The van der Waals surface area contributed by atoms with Gasteiger partial charge in [0.05, 0.1) is 30.6 Å². The molecule has 0 saturated heterocycles. The smallest absolute Gasteiger partial charge is 0.248 e. The molecule has 0 aliphatic heterocycles. The average molecular weight is 370 g/mol. The highest BCUT2D eigenvalue weighted by Gasteiger charge is 2.18. The summed E-state index contributed by atoms with van der Waals surface area (Å²) in [5.74, 6) is 0.847. The predicted octanol–water partition coefficient (Wildman–Crippen LogP) is 3.87. The number of rotatable bonds is 6. The fourth-order valence-electron chi connectivity index (χ4n) is 2.01. The molecule has 0 fully saturated rings. The van der Waals surface area contributed by atoms with E-state index in [4.69, 9.17) is 21.1 Å². The van der Waals surface area contributed by atoms with Crippen LogP contribution in [-0.4, -0.2) is 31.2 Å². The molecule has 6 nitrogen and oxygen atoms in total. The van der Waals surface area contributed by atoms with Crippen molar-refractivity contribution >= 4 is 39.7 Å². The second-order valence-corrected chi connectivity index (χ2v) is 6.81. The number of aromatic nitrogens is 1. The van der Waals surface area contributed by atoms with Crippen LogP contribution in [-0.2, 0) is 4.79 Å². The maximum atomic E-state index is 12.3. The summed E-state index contributed by atoms with van der Waals surface area (Å²) in [5, 5.41) is 6.92. The largest absolute Gasteiger partial charge is 0.495 e. The van der Waals surface area contributed by atoms with Gasteiger partial charge in [-0.15, -0.1) is 11.3 Å². The number of hydrogen-bond donors (Lipinski definition) is 2. The van der Waals surface area contributed by atoms with Gasteiger partial charge in [0.2, 0.25) is 5.91 Å². The monoisotopic (exact) mass is 369 g/mol. The van der Waals surface area contributed by atoms with Crippen molar-refractivity contribution in [3.63, 3.8) is 0 Å². The topological polar surface area (TPSA) is 72.5 Å². The first kappa shape index (κ1) is 18.4. The van der Waals surface area contributed by atoms with Crippen molar-refractivity contribution in [3.05, 3.63) is 27.7 Å². The Hall–Kier alpha value is -1.99. The number of amides is 1. The van der Waals surface area contributed by atoms with E-state index in [-0.39, 0.29) is 5.91 Å². The van der Waals surface area contributed by atoms with E-state index in [1.54, 1.807) is 26.2 Å². The first-order chi connectivity index (χ1) is 11.3. The van der Waals surface area contributed by atoms with E-state index in [2.05, 4.69) is 15.6 Å². The molecule has 0 spiro atoms. The van der Waals surface area contributed by atoms with Gasteiger partial charge in [-0.3, -0.25) is 4.79 Å². The van der Waals surface area contributed by atoms with Crippen molar-refractivity contribution in [1.82, 2.24) is 4.98 Å².